The van der Waals surface area contributed by atoms with Crippen molar-refractivity contribution in [1.29, 1.82) is 0 Å². The molecule has 1 N–H and O–H groups in total. The van der Waals surface area contributed by atoms with Crippen LogP contribution in [0.25, 0.3) is 0 Å². The minimum Gasteiger partial charge on any atom is -0.341 e. The topological polar surface area (TPSA) is 35.6 Å². The molecule has 2 rings (SSSR count). The molecule has 2 aliphatic rings. The number of likely N-dealkylation sites (N-methyl/N-ethyl adjacent to an activating group) is 1. The monoisotopic (exact) mass is 295 g/mol. The fourth-order valence-electron chi connectivity index (χ4n) is 3.94. The molecule has 0 radical (unpaired) electrons. The molecule has 0 saturated carbocycles. The minimum absolute atomic E-state index is 0.378. The van der Waals surface area contributed by atoms with Crippen LogP contribution in [-0.2, 0) is 4.79 Å². The lowest BCUT2D eigenvalue weighted by Crippen LogP contribution is -2.40. The van der Waals surface area contributed by atoms with E-state index in [-0.39, 0.29) is 0 Å². The Labute approximate surface area is 130 Å². The highest BCUT2D eigenvalue weighted by Crippen LogP contribution is 2.24. The molecule has 4 nitrogen and oxygen atoms in total. The van der Waals surface area contributed by atoms with Gasteiger partial charge in [0.05, 0.1) is 0 Å². The third-order valence-electron chi connectivity index (χ3n) is 5.48. The van der Waals surface area contributed by atoms with Gasteiger partial charge < -0.3 is 10.2 Å². The van der Waals surface area contributed by atoms with Crippen molar-refractivity contribution in [1.82, 2.24) is 15.1 Å². The molecule has 21 heavy (non-hydrogen) atoms. The van der Waals surface area contributed by atoms with Crippen LogP contribution in [0.5, 0.6) is 0 Å². The van der Waals surface area contributed by atoms with Gasteiger partial charge in [-0.3, -0.25) is 9.69 Å². The van der Waals surface area contributed by atoms with Crippen molar-refractivity contribution in [2.45, 2.75) is 52.5 Å². The zero-order chi connectivity index (χ0) is 15.2. The van der Waals surface area contributed by atoms with E-state index in [1.807, 2.05) is 0 Å². The fourth-order valence-corrected chi connectivity index (χ4v) is 3.94. The molecule has 3 atom stereocenters. The van der Waals surface area contributed by atoms with E-state index in [1.165, 1.54) is 12.8 Å². The first-order valence-electron chi connectivity index (χ1n) is 8.88. The van der Waals surface area contributed by atoms with Gasteiger partial charge in [0.1, 0.15) is 0 Å². The summed E-state index contributed by atoms with van der Waals surface area (Å²) in [6, 6.07) is 0.579. The molecular weight excluding hydrogens is 262 g/mol. The van der Waals surface area contributed by atoms with Crippen LogP contribution in [0, 0.1) is 11.8 Å². The molecule has 0 aromatic rings. The summed E-state index contributed by atoms with van der Waals surface area (Å²) in [5.74, 6) is 1.57. The number of amides is 1. The van der Waals surface area contributed by atoms with E-state index in [0.29, 0.717) is 23.8 Å². The lowest BCUT2D eigenvalue weighted by Gasteiger charge is -2.29. The summed E-state index contributed by atoms with van der Waals surface area (Å²) in [5, 5.41) is 3.46. The second-order valence-corrected chi connectivity index (χ2v) is 6.79. The lowest BCUT2D eigenvalue weighted by atomic mass is 9.85. The number of nitrogens with zero attached hydrogens (tertiary/aromatic N) is 2. The van der Waals surface area contributed by atoms with Crippen LogP contribution in [0.4, 0.5) is 0 Å². The third kappa shape index (κ3) is 4.43. The zero-order valence-corrected chi connectivity index (χ0v) is 14.1. The Morgan fingerprint density at radius 2 is 2.10 bits per heavy atom. The number of carbonyl (C=O) groups is 1. The van der Waals surface area contributed by atoms with Crippen molar-refractivity contribution >= 4 is 5.91 Å². The van der Waals surface area contributed by atoms with E-state index in [1.54, 1.807) is 0 Å². The second kappa shape index (κ2) is 8.14. The van der Waals surface area contributed by atoms with Crippen LogP contribution < -0.4 is 5.32 Å². The molecule has 2 saturated heterocycles. The molecule has 2 aliphatic heterocycles. The van der Waals surface area contributed by atoms with Crippen LogP contribution in [0.2, 0.25) is 0 Å². The number of carbonyl (C=O) groups excluding carboxylic acids is 1. The lowest BCUT2D eigenvalue weighted by molar-refractivity contribution is -0.131. The van der Waals surface area contributed by atoms with Crippen molar-refractivity contribution in [3.05, 3.63) is 0 Å². The summed E-state index contributed by atoms with van der Waals surface area (Å²) in [7, 11) is 0. The number of piperidine rings is 1. The molecule has 0 bridgehead atoms. The van der Waals surface area contributed by atoms with E-state index in [2.05, 4.69) is 35.9 Å². The molecule has 2 fully saturated rings. The average molecular weight is 295 g/mol. The van der Waals surface area contributed by atoms with E-state index in [0.717, 1.165) is 52.1 Å². The summed E-state index contributed by atoms with van der Waals surface area (Å²) in [6.45, 7) is 13.0. The van der Waals surface area contributed by atoms with Gasteiger partial charge in [0.25, 0.3) is 0 Å². The number of nitrogens with one attached hydrogen (secondary N) is 1. The molecule has 122 valence electrons. The van der Waals surface area contributed by atoms with Gasteiger partial charge in [-0.2, -0.15) is 0 Å². The molecule has 4 heteroatoms. The van der Waals surface area contributed by atoms with Gasteiger partial charge in [0.15, 0.2) is 0 Å². The third-order valence-corrected chi connectivity index (χ3v) is 5.48. The summed E-state index contributed by atoms with van der Waals surface area (Å²) in [4.78, 5) is 17.1. The molecular formula is C17H33N3O. The van der Waals surface area contributed by atoms with Gasteiger partial charge in [-0.05, 0) is 57.3 Å². The highest BCUT2D eigenvalue weighted by Gasteiger charge is 2.31. The van der Waals surface area contributed by atoms with Crippen LogP contribution in [0.1, 0.15) is 46.5 Å². The number of rotatable bonds is 6. The summed E-state index contributed by atoms with van der Waals surface area (Å²) >= 11 is 0. The Hall–Kier alpha value is -0.610. The predicted octanol–water partition coefficient (Wildman–Crippen LogP) is 1.95. The van der Waals surface area contributed by atoms with Crippen molar-refractivity contribution in [3.8, 4) is 0 Å². The van der Waals surface area contributed by atoms with Gasteiger partial charge in [-0.15, -0.1) is 0 Å². The van der Waals surface area contributed by atoms with Crippen molar-refractivity contribution < 1.29 is 4.79 Å². The minimum atomic E-state index is 0.378. The van der Waals surface area contributed by atoms with E-state index in [4.69, 9.17) is 0 Å². The van der Waals surface area contributed by atoms with Crippen molar-refractivity contribution in [2.24, 2.45) is 11.8 Å². The summed E-state index contributed by atoms with van der Waals surface area (Å²) < 4.78 is 0. The molecule has 2 heterocycles. The Bertz CT molecular complexity index is 324. The predicted molar refractivity (Wildman–Crippen MR) is 87.3 cm³/mol. The van der Waals surface area contributed by atoms with Gasteiger partial charge in [-0.25, -0.2) is 0 Å². The normalized spacial score (nSPS) is 28.1. The maximum absolute atomic E-state index is 12.5. The SMILES string of the molecule is CCN(CC)C1CCN(C(=O)CC(C)C2CCCNC2)C1. The molecule has 0 aliphatic carbocycles. The number of likely N-dealkylation sites (tertiary alicyclic amines) is 1. The van der Waals surface area contributed by atoms with E-state index >= 15 is 0 Å². The number of hydrogen-bond acceptors (Lipinski definition) is 3. The first-order valence-corrected chi connectivity index (χ1v) is 8.88. The van der Waals surface area contributed by atoms with E-state index < -0.39 is 0 Å². The average Bonchev–Trinajstić information content (AvgIpc) is 2.99. The van der Waals surface area contributed by atoms with Crippen molar-refractivity contribution in [3.63, 3.8) is 0 Å². The molecule has 3 unspecified atom stereocenters. The van der Waals surface area contributed by atoms with Crippen LogP contribution in [-0.4, -0.2) is 61.0 Å². The summed E-state index contributed by atoms with van der Waals surface area (Å²) in [6.07, 6.45) is 4.42. The zero-order valence-electron chi connectivity index (χ0n) is 14.1. The molecule has 1 amide bonds. The maximum Gasteiger partial charge on any atom is 0.222 e. The van der Waals surface area contributed by atoms with Crippen LogP contribution in [0.15, 0.2) is 0 Å². The fraction of sp³-hybridized carbons (Fsp3) is 0.941. The standard InChI is InChI=1S/C17H33N3O/c1-4-19(5-2)16-8-10-20(13-16)17(21)11-14(3)15-7-6-9-18-12-15/h14-16,18H,4-13H2,1-3H3. The summed E-state index contributed by atoms with van der Waals surface area (Å²) in [5.41, 5.74) is 0. The van der Waals surface area contributed by atoms with Crippen LogP contribution >= 0.6 is 0 Å². The largest absolute Gasteiger partial charge is 0.341 e. The van der Waals surface area contributed by atoms with Crippen LogP contribution in [0.3, 0.4) is 0 Å². The Kier molecular flexibility index (Phi) is 6.49. The van der Waals surface area contributed by atoms with E-state index in [9.17, 15) is 4.79 Å². The highest BCUT2D eigenvalue weighted by atomic mass is 16.2. The van der Waals surface area contributed by atoms with Crippen molar-refractivity contribution in [2.75, 3.05) is 39.3 Å². The van der Waals surface area contributed by atoms with Gasteiger partial charge in [0.2, 0.25) is 5.91 Å². The maximum atomic E-state index is 12.5. The Morgan fingerprint density at radius 3 is 2.71 bits per heavy atom. The Morgan fingerprint density at radius 1 is 1.33 bits per heavy atom. The first-order chi connectivity index (χ1) is 10.2. The van der Waals surface area contributed by atoms with Gasteiger partial charge >= 0.3 is 0 Å². The second-order valence-electron chi connectivity index (χ2n) is 6.79. The first kappa shape index (κ1) is 16.8. The Balaban J connectivity index is 1.78. The smallest absolute Gasteiger partial charge is 0.222 e. The van der Waals surface area contributed by atoms with Gasteiger partial charge in [-0.1, -0.05) is 20.8 Å². The quantitative estimate of drug-likeness (QED) is 0.813. The molecule has 0 aromatic heterocycles. The molecule has 0 aromatic carbocycles. The van der Waals surface area contributed by atoms with Gasteiger partial charge in [0, 0.05) is 25.6 Å². The highest BCUT2D eigenvalue weighted by molar-refractivity contribution is 5.76. The number of hydrogen-bond donors (Lipinski definition) is 1. The molecule has 0 spiro atoms.